The van der Waals surface area contributed by atoms with Gasteiger partial charge in [-0.25, -0.2) is 8.78 Å². The minimum absolute atomic E-state index is 0.0199. The summed E-state index contributed by atoms with van der Waals surface area (Å²) in [6.07, 6.45) is 0. The molecular weight excluding hydrogens is 234 g/mol. The molecule has 2 aromatic rings. The van der Waals surface area contributed by atoms with Crippen LogP contribution in [0.3, 0.4) is 0 Å². The lowest BCUT2D eigenvalue weighted by atomic mass is 10.1. The summed E-state index contributed by atoms with van der Waals surface area (Å²) in [5.74, 6) is -0.267. The van der Waals surface area contributed by atoms with Crippen LogP contribution < -0.4 is 4.74 Å². The maximum Gasteiger partial charge on any atom is 0.130 e. The first kappa shape index (κ1) is 12.6. The lowest BCUT2D eigenvalue weighted by Gasteiger charge is -2.09. The molecule has 18 heavy (non-hydrogen) atoms. The summed E-state index contributed by atoms with van der Waals surface area (Å²) in [7, 11) is 0. The predicted molar refractivity (Wildman–Crippen MR) is 66.6 cm³/mol. The monoisotopic (exact) mass is 248 g/mol. The molecule has 3 heteroatoms. The van der Waals surface area contributed by atoms with Crippen molar-refractivity contribution in [1.82, 2.24) is 0 Å². The number of aryl methyl sites for hydroxylation is 2. The Labute approximate surface area is 105 Å². The molecule has 0 aliphatic carbocycles. The van der Waals surface area contributed by atoms with Gasteiger partial charge in [0, 0.05) is 5.56 Å². The van der Waals surface area contributed by atoms with Crippen LogP contribution in [0.2, 0.25) is 0 Å². The van der Waals surface area contributed by atoms with Gasteiger partial charge in [-0.05, 0) is 55.3 Å². The van der Waals surface area contributed by atoms with Gasteiger partial charge in [0.1, 0.15) is 24.0 Å². The van der Waals surface area contributed by atoms with E-state index in [0.717, 1.165) is 23.8 Å². The Morgan fingerprint density at radius 2 is 1.72 bits per heavy atom. The summed E-state index contributed by atoms with van der Waals surface area (Å²) in [6, 6.07) is 8.98. The van der Waals surface area contributed by atoms with Gasteiger partial charge in [-0.1, -0.05) is 6.07 Å². The molecule has 0 spiro atoms. The smallest absolute Gasteiger partial charge is 0.130 e. The highest BCUT2D eigenvalue weighted by molar-refractivity contribution is 5.34. The summed E-state index contributed by atoms with van der Waals surface area (Å²) in [5.41, 5.74) is 2.49. The van der Waals surface area contributed by atoms with E-state index < -0.39 is 11.6 Å². The summed E-state index contributed by atoms with van der Waals surface area (Å²) >= 11 is 0. The number of benzene rings is 2. The fourth-order valence-electron chi connectivity index (χ4n) is 1.62. The lowest BCUT2D eigenvalue weighted by Crippen LogP contribution is -1.99. The topological polar surface area (TPSA) is 9.23 Å². The maximum atomic E-state index is 13.4. The molecule has 2 rings (SSSR count). The molecule has 0 aliphatic rings. The van der Waals surface area contributed by atoms with Crippen LogP contribution >= 0.6 is 0 Å². The van der Waals surface area contributed by atoms with Gasteiger partial charge in [0.25, 0.3) is 0 Å². The quantitative estimate of drug-likeness (QED) is 0.792. The Bertz CT molecular complexity index is 564. The van der Waals surface area contributed by atoms with Gasteiger partial charge >= 0.3 is 0 Å². The molecule has 0 radical (unpaired) electrons. The molecule has 2 aromatic carbocycles. The first-order chi connectivity index (χ1) is 8.56. The van der Waals surface area contributed by atoms with Gasteiger partial charge in [0.15, 0.2) is 0 Å². The van der Waals surface area contributed by atoms with Gasteiger partial charge in [0.2, 0.25) is 0 Å². The molecule has 0 heterocycles. The minimum atomic E-state index is -0.463. The predicted octanol–water partition coefficient (Wildman–Crippen LogP) is 4.16. The van der Waals surface area contributed by atoms with Crippen LogP contribution in [-0.2, 0) is 6.61 Å². The Morgan fingerprint density at radius 3 is 2.44 bits per heavy atom. The Balaban J connectivity index is 2.11. The molecule has 0 fully saturated rings. The van der Waals surface area contributed by atoms with Crippen molar-refractivity contribution in [2.24, 2.45) is 0 Å². The molecule has 94 valence electrons. The van der Waals surface area contributed by atoms with E-state index in [1.807, 2.05) is 32.0 Å². The number of hydrogen-bond donors (Lipinski definition) is 0. The van der Waals surface area contributed by atoms with E-state index in [1.165, 1.54) is 5.56 Å². The number of ether oxygens (including phenoxy) is 1. The highest BCUT2D eigenvalue weighted by atomic mass is 19.1. The summed E-state index contributed by atoms with van der Waals surface area (Å²) in [4.78, 5) is 0. The summed E-state index contributed by atoms with van der Waals surface area (Å²) in [6.45, 7) is 4.00. The van der Waals surface area contributed by atoms with Crippen LogP contribution in [0.25, 0.3) is 0 Å². The number of rotatable bonds is 3. The zero-order valence-corrected chi connectivity index (χ0v) is 10.3. The fraction of sp³-hybridized carbons (Fsp3) is 0.200. The van der Waals surface area contributed by atoms with Crippen molar-refractivity contribution in [3.63, 3.8) is 0 Å². The van der Waals surface area contributed by atoms with Crippen molar-refractivity contribution in [2.75, 3.05) is 0 Å². The van der Waals surface area contributed by atoms with Crippen molar-refractivity contribution in [1.29, 1.82) is 0 Å². The van der Waals surface area contributed by atoms with E-state index in [0.29, 0.717) is 5.75 Å². The molecule has 0 unspecified atom stereocenters. The molecule has 1 nitrogen and oxygen atoms in total. The lowest BCUT2D eigenvalue weighted by molar-refractivity contribution is 0.299. The van der Waals surface area contributed by atoms with E-state index in [4.69, 9.17) is 4.74 Å². The number of halogens is 2. The van der Waals surface area contributed by atoms with Crippen LogP contribution in [0.1, 0.15) is 16.7 Å². The van der Waals surface area contributed by atoms with E-state index in [1.54, 1.807) is 0 Å². The molecule has 0 bridgehead atoms. The molecule has 0 aliphatic heterocycles. The standard InChI is InChI=1S/C15H14F2O/c1-10-3-5-14(7-11(10)2)18-9-12-8-13(16)4-6-15(12)17/h3-8H,9H2,1-2H3. The highest BCUT2D eigenvalue weighted by Crippen LogP contribution is 2.19. The second-order valence-corrected chi connectivity index (χ2v) is 4.27. The zero-order chi connectivity index (χ0) is 13.1. The van der Waals surface area contributed by atoms with E-state index in [9.17, 15) is 8.78 Å². The molecule has 0 N–H and O–H groups in total. The SMILES string of the molecule is Cc1ccc(OCc2cc(F)ccc2F)cc1C. The van der Waals surface area contributed by atoms with Crippen molar-refractivity contribution < 1.29 is 13.5 Å². The zero-order valence-electron chi connectivity index (χ0n) is 10.3. The van der Waals surface area contributed by atoms with Crippen molar-refractivity contribution in [3.8, 4) is 5.75 Å². The van der Waals surface area contributed by atoms with Crippen LogP contribution in [-0.4, -0.2) is 0 Å². The first-order valence-corrected chi connectivity index (χ1v) is 5.70. The first-order valence-electron chi connectivity index (χ1n) is 5.70. The van der Waals surface area contributed by atoms with Gasteiger partial charge in [0.05, 0.1) is 0 Å². The molecule has 0 saturated carbocycles. The summed E-state index contributed by atoms with van der Waals surface area (Å²) < 4.78 is 31.8. The third kappa shape index (κ3) is 2.86. The average molecular weight is 248 g/mol. The molecule has 0 aromatic heterocycles. The average Bonchev–Trinajstić information content (AvgIpc) is 2.34. The van der Waals surface area contributed by atoms with E-state index in [2.05, 4.69) is 0 Å². The van der Waals surface area contributed by atoms with Crippen LogP contribution in [0, 0.1) is 25.5 Å². The van der Waals surface area contributed by atoms with Gasteiger partial charge < -0.3 is 4.74 Å². The van der Waals surface area contributed by atoms with Crippen LogP contribution in [0.5, 0.6) is 5.75 Å². The van der Waals surface area contributed by atoms with Gasteiger partial charge in [-0.2, -0.15) is 0 Å². The largest absolute Gasteiger partial charge is 0.489 e. The highest BCUT2D eigenvalue weighted by Gasteiger charge is 2.05. The third-order valence-corrected chi connectivity index (χ3v) is 2.88. The maximum absolute atomic E-state index is 13.4. The Morgan fingerprint density at radius 1 is 0.944 bits per heavy atom. The van der Waals surface area contributed by atoms with Crippen molar-refractivity contribution in [2.45, 2.75) is 20.5 Å². The summed E-state index contributed by atoms with van der Waals surface area (Å²) in [5, 5.41) is 0. The Kier molecular flexibility index (Phi) is 3.60. The van der Waals surface area contributed by atoms with Gasteiger partial charge in [-0.15, -0.1) is 0 Å². The van der Waals surface area contributed by atoms with E-state index >= 15 is 0 Å². The third-order valence-electron chi connectivity index (χ3n) is 2.88. The van der Waals surface area contributed by atoms with Crippen molar-refractivity contribution in [3.05, 3.63) is 64.7 Å². The number of hydrogen-bond acceptors (Lipinski definition) is 1. The molecule has 0 atom stereocenters. The fourth-order valence-corrected chi connectivity index (χ4v) is 1.62. The van der Waals surface area contributed by atoms with E-state index in [-0.39, 0.29) is 12.2 Å². The normalized spacial score (nSPS) is 10.4. The van der Waals surface area contributed by atoms with Crippen molar-refractivity contribution >= 4 is 0 Å². The van der Waals surface area contributed by atoms with Crippen LogP contribution in [0.15, 0.2) is 36.4 Å². The Hall–Kier alpha value is -1.90. The molecule has 0 saturated heterocycles. The van der Waals surface area contributed by atoms with Gasteiger partial charge in [-0.3, -0.25) is 0 Å². The molecule has 0 amide bonds. The second kappa shape index (κ2) is 5.17. The van der Waals surface area contributed by atoms with Crippen LogP contribution in [0.4, 0.5) is 8.78 Å². The second-order valence-electron chi connectivity index (χ2n) is 4.27. The molecular formula is C15H14F2O. The minimum Gasteiger partial charge on any atom is -0.489 e.